The maximum Gasteiger partial charge on any atom is 0.367 e. The fourth-order valence-electron chi connectivity index (χ4n) is 2.61. The minimum Gasteiger partial charge on any atom is -0.461 e. The lowest BCUT2D eigenvalue weighted by Gasteiger charge is -2.08. The maximum absolute atomic E-state index is 12.6. The highest BCUT2D eigenvalue weighted by Crippen LogP contribution is 2.24. The first-order valence-electron chi connectivity index (χ1n) is 8.50. The number of benzene rings is 1. The van der Waals surface area contributed by atoms with Crippen LogP contribution >= 0.6 is 11.3 Å². The van der Waals surface area contributed by atoms with E-state index in [2.05, 4.69) is 15.3 Å². The summed E-state index contributed by atoms with van der Waals surface area (Å²) in [6.07, 6.45) is 5.49. The third-order valence-corrected chi connectivity index (χ3v) is 4.77. The molecule has 0 atom stereocenters. The van der Waals surface area contributed by atoms with Crippen LogP contribution < -0.4 is 5.32 Å². The van der Waals surface area contributed by atoms with Crippen LogP contribution in [-0.4, -0.2) is 28.5 Å². The molecule has 3 aromatic rings. The van der Waals surface area contributed by atoms with Gasteiger partial charge in [0, 0.05) is 5.56 Å². The van der Waals surface area contributed by atoms with Gasteiger partial charge in [-0.15, -0.1) is 0 Å². The van der Waals surface area contributed by atoms with E-state index < -0.39 is 5.97 Å². The summed E-state index contributed by atoms with van der Waals surface area (Å²) in [5, 5.41) is 3.08. The summed E-state index contributed by atoms with van der Waals surface area (Å²) in [6.45, 7) is 5.88. The number of nitrogens with zero attached hydrogens (tertiary/aromatic N) is 2. The number of ether oxygens (including phenoxy) is 1. The Morgan fingerprint density at radius 2 is 2.11 bits per heavy atom. The SMILES string of the molecule is C/C=C/c1ccc(C(=O)Nc2cnc3sc(C(=O)OCC)nc3c2)c(C)c1. The standard InChI is InChI=1S/C20H19N3O3S/c1-4-6-13-7-8-15(12(3)9-13)17(24)22-14-10-16-18(21-11-14)27-19(23-16)20(25)26-5-2/h4,6-11H,5H2,1-3H3,(H,22,24)/b6-4+. The number of allylic oxidation sites excluding steroid dienone is 1. The van der Waals surface area contributed by atoms with Gasteiger partial charge in [-0.3, -0.25) is 4.79 Å². The quantitative estimate of drug-likeness (QED) is 0.660. The molecule has 138 valence electrons. The minimum atomic E-state index is -0.470. The third kappa shape index (κ3) is 4.20. The number of carbonyl (C=O) groups is 2. The Hall–Kier alpha value is -3.06. The Morgan fingerprint density at radius 1 is 1.30 bits per heavy atom. The van der Waals surface area contributed by atoms with Crippen molar-refractivity contribution >= 4 is 45.3 Å². The average molecular weight is 381 g/mol. The second-order valence-corrected chi connectivity index (χ2v) is 6.79. The van der Waals surface area contributed by atoms with E-state index in [0.717, 1.165) is 22.5 Å². The molecule has 0 radical (unpaired) electrons. The van der Waals surface area contributed by atoms with Crippen molar-refractivity contribution in [2.24, 2.45) is 0 Å². The van der Waals surface area contributed by atoms with Crippen LogP contribution in [0.2, 0.25) is 0 Å². The topological polar surface area (TPSA) is 81.2 Å². The summed E-state index contributed by atoms with van der Waals surface area (Å²) < 4.78 is 4.96. The average Bonchev–Trinajstić information content (AvgIpc) is 3.05. The van der Waals surface area contributed by atoms with E-state index in [0.29, 0.717) is 21.6 Å². The number of thiazole rings is 1. The monoisotopic (exact) mass is 381 g/mol. The lowest BCUT2D eigenvalue weighted by molar-refractivity contribution is 0.0526. The predicted molar refractivity (Wildman–Crippen MR) is 107 cm³/mol. The summed E-state index contributed by atoms with van der Waals surface area (Å²) in [6, 6.07) is 7.36. The highest BCUT2D eigenvalue weighted by atomic mass is 32.1. The summed E-state index contributed by atoms with van der Waals surface area (Å²) in [5.74, 6) is -0.690. The van der Waals surface area contributed by atoms with Crippen molar-refractivity contribution in [1.29, 1.82) is 0 Å². The molecule has 0 saturated heterocycles. The van der Waals surface area contributed by atoms with Gasteiger partial charge in [0.25, 0.3) is 5.91 Å². The Labute approximate surface area is 160 Å². The molecule has 2 heterocycles. The van der Waals surface area contributed by atoms with Gasteiger partial charge in [-0.1, -0.05) is 35.6 Å². The molecule has 7 heteroatoms. The molecule has 1 amide bonds. The van der Waals surface area contributed by atoms with Gasteiger partial charge in [0.15, 0.2) is 0 Å². The Bertz CT molecular complexity index is 1040. The van der Waals surface area contributed by atoms with E-state index in [9.17, 15) is 9.59 Å². The zero-order valence-electron chi connectivity index (χ0n) is 15.3. The number of fused-ring (bicyclic) bond motifs is 1. The molecule has 2 aromatic heterocycles. The Morgan fingerprint density at radius 3 is 2.81 bits per heavy atom. The molecular weight excluding hydrogens is 362 g/mol. The second-order valence-electron chi connectivity index (χ2n) is 5.82. The largest absolute Gasteiger partial charge is 0.461 e. The molecule has 0 fully saturated rings. The molecule has 0 aliphatic carbocycles. The van der Waals surface area contributed by atoms with E-state index >= 15 is 0 Å². The van der Waals surface area contributed by atoms with Gasteiger partial charge in [-0.05, 0) is 44.0 Å². The number of rotatable bonds is 5. The van der Waals surface area contributed by atoms with Crippen LogP contribution in [0.5, 0.6) is 0 Å². The lowest BCUT2D eigenvalue weighted by Crippen LogP contribution is -2.13. The Kier molecular flexibility index (Phi) is 5.61. The molecule has 0 spiro atoms. The highest BCUT2D eigenvalue weighted by Gasteiger charge is 2.15. The number of anilines is 1. The van der Waals surface area contributed by atoms with E-state index in [-0.39, 0.29) is 17.5 Å². The molecule has 0 aliphatic rings. The van der Waals surface area contributed by atoms with Crippen molar-refractivity contribution in [1.82, 2.24) is 9.97 Å². The number of amides is 1. The molecule has 1 N–H and O–H groups in total. The van der Waals surface area contributed by atoms with Crippen molar-refractivity contribution in [3.63, 3.8) is 0 Å². The van der Waals surface area contributed by atoms with Crippen molar-refractivity contribution in [2.45, 2.75) is 20.8 Å². The number of nitrogens with one attached hydrogen (secondary N) is 1. The second kappa shape index (κ2) is 8.09. The minimum absolute atomic E-state index is 0.221. The molecule has 1 aromatic carbocycles. The molecule has 0 aliphatic heterocycles. The number of aryl methyl sites for hydroxylation is 1. The van der Waals surface area contributed by atoms with E-state index in [1.807, 2.05) is 38.1 Å². The predicted octanol–water partition coefficient (Wildman–Crippen LogP) is 4.46. The van der Waals surface area contributed by atoms with Gasteiger partial charge >= 0.3 is 5.97 Å². The Balaban J connectivity index is 1.81. The van der Waals surface area contributed by atoms with Gasteiger partial charge in [0.2, 0.25) is 5.01 Å². The van der Waals surface area contributed by atoms with Crippen LogP contribution in [0.15, 0.2) is 36.5 Å². The third-order valence-electron chi connectivity index (χ3n) is 3.81. The molecule has 0 saturated carbocycles. The molecule has 0 unspecified atom stereocenters. The smallest absolute Gasteiger partial charge is 0.367 e. The van der Waals surface area contributed by atoms with Crippen molar-refractivity contribution in [3.05, 3.63) is 58.2 Å². The van der Waals surface area contributed by atoms with Crippen molar-refractivity contribution < 1.29 is 14.3 Å². The highest BCUT2D eigenvalue weighted by molar-refractivity contribution is 7.19. The molecule has 27 heavy (non-hydrogen) atoms. The van der Waals surface area contributed by atoms with E-state index in [1.54, 1.807) is 25.3 Å². The van der Waals surface area contributed by atoms with Gasteiger partial charge in [0.05, 0.1) is 18.5 Å². The normalized spacial score (nSPS) is 11.1. The molecule has 6 nitrogen and oxygen atoms in total. The van der Waals surface area contributed by atoms with Crippen LogP contribution in [0.25, 0.3) is 16.4 Å². The van der Waals surface area contributed by atoms with Crippen LogP contribution in [0.4, 0.5) is 5.69 Å². The van der Waals surface area contributed by atoms with Gasteiger partial charge in [-0.2, -0.15) is 0 Å². The van der Waals surface area contributed by atoms with Crippen LogP contribution in [0.3, 0.4) is 0 Å². The number of carbonyl (C=O) groups excluding carboxylic acids is 2. The lowest BCUT2D eigenvalue weighted by atomic mass is 10.0. The number of esters is 1. The zero-order valence-corrected chi connectivity index (χ0v) is 16.1. The van der Waals surface area contributed by atoms with Crippen molar-refractivity contribution in [2.75, 3.05) is 11.9 Å². The fourth-order valence-corrected chi connectivity index (χ4v) is 3.39. The van der Waals surface area contributed by atoms with Crippen molar-refractivity contribution in [3.8, 4) is 0 Å². The summed E-state index contributed by atoms with van der Waals surface area (Å²) in [5.41, 5.74) is 3.58. The molecule has 0 bridgehead atoms. The van der Waals surface area contributed by atoms with Crippen LogP contribution in [0.1, 0.15) is 45.1 Å². The number of hydrogen-bond donors (Lipinski definition) is 1. The molecule has 3 rings (SSSR count). The van der Waals surface area contributed by atoms with E-state index in [1.165, 1.54) is 0 Å². The first-order valence-corrected chi connectivity index (χ1v) is 9.32. The number of aromatic nitrogens is 2. The zero-order chi connectivity index (χ0) is 19.4. The van der Waals surface area contributed by atoms with Gasteiger partial charge < -0.3 is 10.1 Å². The first kappa shape index (κ1) is 18.7. The van der Waals surface area contributed by atoms with Gasteiger partial charge in [0.1, 0.15) is 10.3 Å². The number of hydrogen-bond acceptors (Lipinski definition) is 6. The number of pyridine rings is 1. The fraction of sp³-hybridized carbons (Fsp3) is 0.200. The summed E-state index contributed by atoms with van der Waals surface area (Å²) in [4.78, 5) is 33.5. The van der Waals surface area contributed by atoms with Crippen LogP contribution in [0, 0.1) is 6.92 Å². The van der Waals surface area contributed by atoms with Gasteiger partial charge in [-0.25, -0.2) is 14.8 Å². The molecular formula is C20H19N3O3S. The maximum atomic E-state index is 12.6. The summed E-state index contributed by atoms with van der Waals surface area (Å²) >= 11 is 1.16. The first-order chi connectivity index (χ1) is 13.0. The van der Waals surface area contributed by atoms with E-state index in [4.69, 9.17) is 4.74 Å². The summed E-state index contributed by atoms with van der Waals surface area (Å²) in [7, 11) is 0. The van der Waals surface area contributed by atoms with Crippen LogP contribution in [-0.2, 0) is 4.74 Å².